The monoisotopic (exact) mass is 533 g/mol. The fraction of sp³-hybridized carbons (Fsp3) is 0.265. The van der Waals surface area contributed by atoms with Crippen LogP contribution < -0.4 is 10.2 Å². The lowest BCUT2D eigenvalue weighted by Crippen LogP contribution is -2.53. The molecular formula is C34H35N3O3. The summed E-state index contributed by atoms with van der Waals surface area (Å²) in [7, 11) is 0. The quantitative estimate of drug-likeness (QED) is 0.253. The first-order chi connectivity index (χ1) is 19.5. The maximum absolute atomic E-state index is 14.2. The lowest BCUT2D eigenvalue weighted by Gasteiger charge is -2.33. The van der Waals surface area contributed by atoms with Gasteiger partial charge in [0, 0.05) is 30.5 Å². The summed E-state index contributed by atoms with van der Waals surface area (Å²) in [4.78, 5) is 44.6. The maximum Gasteiger partial charge on any atom is 0.259 e. The molecule has 0 spiro atoms. The molecule has 0 bridgehead atoms. The number of carbonyl (C=O) groups is 3. The number of rotatable bonds is 11. The van der Waals surface area contributed by atoms with Crippen molar-refractivity contribution >= 4 is 34.2 Å². The first-order valence-corrected chi connectivity index (χ1v) is 14.0. The van der Waals surface area contributed by atoms with Crippen molar-refractivity contribution in [1.82, 2.24) is 10.2 Å². The molecule has 1 atom stereocenters. The Bertz CT molecular complexity index is 1530. The molecule has 4 aromatic rings. The Balaban J connectivity index is 1.50. The summed E-state index contributed by atoms with van der Waals surface area (Å²) in [6, 6.07) is 28.4. The van der Waals surface area contributed by atoms with Crippen LogP contribution >= 0.6 is 0 Å². The molecule has 0 aliphatic carbocycles. The van der Waals surface area contributed by atoms with Gasteiger partial charge in [-0.15, -0.1) is 0 Å². The molecule has 40 heavy (non-hydrogen) atoms. The van der Waals surface area contributed by atoms with Gasteiger partial charge in [0.05, 0.1) is 5.69 Å². The van der Waals surface area contributed by atoms with Gasteiger partial charge in [0.15, 0.2) is 0 Å². The lowest BCUT2D eigenvalue weighted by atomic mass is 10.0. The van der Waals surface area contributed by atoms with E-state index in [0.717, 1.165) is 46.0 Å². The van der Waals surface area contributed by atoms with Gasteiger partial charge in [0.25, 0.3) is 5.91 Å². The lowest BCUT2D eigenvalue weighted by molar-refractivity contribution is -0.140. The summed E-state index contributed by atoms with van der Waals surface area (Å²) in [5.41, 5.74) is 4.31. The second-order valence-corrected chi connectivity index (χ2v) is 10.4. The maximum atomic E-state index is 14.2. The van der Waals surface area contributed by atoms with Gasteiger partial charge in [0.2, 0.25) is 11.8 Å². The molecule has 5 rings (SSSR count). The Kier molecular flexibility index (Phi) is 8.25. The number of benzene rings is 4. The van der Waals surface area contributed by atoms with Crippen molar-refractivity contribution < 1.29 is 14.4 Å². The number of unbranched alkanes of at least 4 members (excludes halogenated alkanes) is 1. The molecule has 0 fully saturated rings. The van der Waals surface area contributed by atoms with Crippen molar-refractivity contribution in [3.8, 4) is 0 Å². The van der Waals surface area contributed by atoms with E-state index in [0.29, 0.717) is 18.5 Å². The van der Waals surface area contributed by atoms with Gasteiger partial charge in [-0.1, -0.05) is 92.2 Å². The van der Waals surface area contributed by atoms with Crippen LogP contribution in [0.15, 0.2) is 91.0 Å². The Morgan fingerprint density at radius 2 is 1.62 bits per heavy atom. The van der Waals surface area contributed by atoms with Crippen LogP contribution in [-0.4, -0.2) is 41.8 Å². The number of carbonyl (C=O) groups excluding carboxylic acids is 3. The predicted octanol–water partition coefficient (Wildman–Crippen LogP) is 5.66. The fourth-order valence-electron chi connectivity index (χ4n) is 5.39. The molecule has 0 saturated heterocycles. The van der Waals surface area contributed by atoms with Crippen LogP contribution in [0.5, 0.6) is 0 Å². The zero-order valence-corrected chi connectivity index (χ0v) is 23.1. The minimum atomic E-state index is -0.734. The normalized spacial score (nSPS) is 12.9. The average Bonchev–Trinajstić information content (AvgIpc) is 3.24. The van der Waals surface area contributed by atoms with Crippen LogP contribution in [0.1, 0.15) is 46.8 Å². The standard InChI is InChI=1S/C34H35N3O3/c1-3-4-20-35-33(39)30(21-25-13-6-5-7-14-25)36(22-27-15-9-8-12-24(27)2)31(38)23-37-29-19-11-17-26-16-10-18-28(32(26)29)34(37)40/h5-19,30H,3-4,20-23H2,1-2H3,(H,35,39)/t30-/m0/s1. The zero-order chi connectivity index (χ0) is 28.1. The fourth-order valence-corrected chi connectivity index (χ4v) is 5.39. The molecule has 6 nitrogen and oxygen atoms in total. The molecular weight excluding hydrogens is 498 g/mol. The highest BCUT2D eigenvalue weighted by Gasteiger charge is 2.35. The minimum Gasteiger partial charge on any atom is -0.354 e. The van der Waals surface area contributed by atoms with Crippen LogP contribution in [0.2, 0.25) is 0 Å². The second kappa shape index (κ2) is 12.2. The van der Waals surface area contributed by atoms with E-state index in [1.807, 2.05) is 97.9 Å². The largest absolute Gasteiger partial charge is 0.354 e. The predicted molar refractivity (Wildman–Crippen MR) is 159 cm³/mol. The highest BCUT2D eigenvalue weighted by atomic mass is 16.2. The molecule has 6 heteroatoms. The molecule has 4 aromatic carbocycles. The third kappa shape index (κ3) is 5.62. The van der Waals surface area contributed by atoms with Gasteiger partial charge < -0.3 is 10.2 Å². The van der Waals surface area contributed by atoms with Crippen LogP contribution in [0.3, 0.4) is 0 Å². The van der Waals surface area contributed by atoms with Crippen molar-refractivity contribution in [2.24, 2.45) is 0 Å². The molecule has 0 radical (unpaired) electrons. The molecule has 1 heterocycles. The van der Waals surface area contributed by atoms with Gasteiger partial charge in [-0.2, -0.15) is 0 Å². The second-order valence-electron chi connectivity index (χ2n) is 10.4. The summed E-state index contributed by atoms with van der Waals surface area (Å²) >= 11 is 0. The van der Waals surface area contributed by atoms with Crippen molar-refractivity contribution in [2.75, 3.05) is 18.0 Å². The molecule has 0 saturated carbocycles. The summed E-state index contributed by atoms with van der Waals surface area (Å²) in [6.45, 7) is 4.75. The Morgan fingerprint density at radius 1 is 0.900 bits per heavy atom. The van der Waals surface area contributed by atoms with E-state index in [9.17, 15) is 14.4 Å². The van der Waals surface area contributed by atoms with E-state index >= 15 is 0 Å². The van der Waals surface area contributed by atoms with E-state index in [4.69, 9.17) is 0 Å². The molecule has 1 aliphatic heterocycles. The van der Waals surface area contributed by atoms with Crippen LogP contribution in [-0.2, 0) is 22.6 Å². The van der Waals surface area contributed by atoms with Gasteiger partial charge >= 0.3 is 0 Å². The van der Waals surface area contributed by atoms with Gasteiger partial charge in [-0.05, 0) is 47.6 Å². The smallest absolute Gasteiger partial charge is 0.259 e. The van der Waals surface area contributed by atoms with Crippen molar-refractivity contribution in [3.05, 3.63) is 113 Å². The summed E-state index contributed by atoms with van der Waals surface area (Å²) in [6.07, 6.45) is 2.19. The van der Waals surface area contributed by atoms with Crippen LogP contribution in [0.25, 0.3) is 10.8 Å². The molecule has 204 valence electrons. The van der Waals surface area contributed by atoms with E-state index in [-0.39, 0.29) is 30.8 Å². The van der Waals surface area contributed by atoms with Gasteiger partial charge in [0.1, 0.15) is 12.6 Å². The highest BCUT2D eigenvalue weighted by Crippen LogP contribution is 2.37. The summed E-state index contributed by atoms with van der Waals surface area (Å²) in [5.74, 6) is -0.645. The van der Waals surface area contributed by atoms with Crippen molar-refractivity contribution in [3.63, 3.8) is 0 Å². The number of hydrogen-bond acceptors (Lipinski definition) is 3. The molecule has 1 N–H and O–H groups in total. The molecule has 0 unspecified atom stereocenters. The molecule has 0 aromatic heterocycles. The Morgan fingerprint density at radius 3 is 2.38 bits per heavy atom. The number of aryl methyl sites for hydroxylation is 1. The van der Waals surface area contributed by atoms with E-state index in [2.05, 4.69) is 12.2 Å². The highest BCUT2D eigenvalue weighted by molar-refractivity contribution is 6.26. The molecule has 1 aliphatic rings. The Labute approximate surface area is 235 Å². The number of nitrogens with zero attached hydrogens (tertiary/aromatic N) is 2. The number of hydrogen-bond donors (Lipinski definition) is 1. The number of amides is 3. The topological polar surface area (TPSA) is 69.7 Å². The first kappa shape index (κ1) is 27.1. The van der Waals surface area contributed by atoms with Crippen molar-refractivity contribution in [2.45, 2.75) is 45.7 Å². The average molecular weight is 534 g/mol. The zero-order valence-electron chi connectivity index (χ0n) is 23.1. The van der Waals surface area contributed by atoms with E-state index in [1.165, 1.54) is 0 Å². The Hall–Kier alpha value is -4.45. The van der Waals surface area contributed by atoms with Gasteiger partial charge in [-0.3, -0.25) is 19.3 Å². The molecule has 3 amide bonds. The number of nitrogens with one attached hydrogen (secondary N) is 1. The summed E-state index contributed by atoms with van der Waals surface area (Å²) < 4.78 is 0. The van der Waals surface area contributed by atoms with Crippen LogP contribution in [0.4, 0.5) is 5.69 Å². The third-order valence-corrected chi connectivity index (χ3v) is 7.65. The summed E-state index contributed by atoms with van der Waals surface area (Å²) in [5, 5.41) is 4.89. The van der Waals surface area contributed by atoms with E-state index < -0.39 is 6.04 Å². The first-order valence-electron chi connectivity index (χ1n) is 14.0. The van der Waals surface area contributed by atoms with Crippen molar-refractivity contribution in [1.29, 1.82) is 0 Å². The number of anilines is 1. The van der Waals surface area contributed by atoms with Gasteiger partial charge in [-0.25, -0.2) is 0 Å². The van der Waals surface area contributed by atoms with E-state index in [1.54, 1.807) is 9.80 Å². The van der Waals surface area contributed by atoms with Crippen LogP contribution in [0, 0.1) is 6.92 Å². The third-order valence-electron chi connectivity index (χ3n) is 7.65. The SMILES string of the molecule is CCCCNC(=O)[C@H](Cc1ccccc1)N(Cc1ccccc1C)C(=O)CN1C(=O)c2cccc3cccc1c23. The minimum absolute atomic E-state index is 0.147.